The molecule has 0 aromatic carbocycles. The Balaban J connectivity index is 1.52. The molecule has 2 heterocycles. The highest BCUT2D eigenvalue weighted by Crippen LogP contribution is 2.28. The number of nitrogens with one attached hydrogen (secondary N) is 1. The van der Waals surface area contributed by atoms with E-state index in [-0.39, 0.29) is 29.9 Å². The summed E-state index contributed by atoms with van der Waals surface area (Å²) in [4.78, 5) is 26.0. The minimum atomic E-state index is -4.02. The summed E-state index contributed by atoms with van der Waals surface area (Å²) >= 11 is 0. The Bertz CT molecular complexity index is 710. The van der Waals surface area contributed by atoms with Crippen molar-refractivity contribution >= 4 is 21.8 Å². The number of hydrogen-bond acceptors (Lipinski definition) is 6. The van der Waals surface area contributed by atoms with E-state index in [0.717, 1.165) is 25.7 Å². The second-order valence-corrected chi connectivity index (χ2v) is 7.94. The fraction of sp³-hybridized carbons (Fsp3) is 0.600. The van der Waals surface area contributed by atoms with Gasteiger partial charge in [0, 0.05) is 25.2 Å². The summed E-state index contributed by atoms with van der Waals surface area (Å²) in [7, 11) is -4.02. The molecule has 1 aliphatic heterocycles. The third-order valence-electron chi connectivity index (χ3n) is 4.58. The fourth-order valence-corrected chi connectivity index (χ4v) is 4.08. The Morgan fingerprint density at radius 1 is 1.12 bits per heavy atom. The summed E-state index contributed by atoms with van der Waals surface area (Å²) in [6, 6.07) is 2.70. The lowest BCUT2D eigenvalue weighted by molar-refractivity contribution is -0.146. The summed E-state index contributed by atoms with van der Waals surface area (Å²) in [6.07, 6.45) is 6.49. The first-order chi connectivity index (χ1) is 11.5. The third-order valence-corrected chi connectivity index (χ3v) is 5.81. The summed E-state index contributed by atoms with van der Waals surface area (Å²) in [5.41, 5.74) is 0. The maximum Gasteiger partial charge on any atom is 0.283 e. The van der Waals surface area contributed by atoms with Crippen LogP contribution < -0.4 is 4.72 Å². The van der Waals surface area contributed by atoms with Crippen molar-refractivity contribution in [1.29, 1.82) is 0 Å². The second kappa shape index (κ2) is 6.84. The van der Waals surface area contributed by atoms with Crippen molar-refractivity contribution in [1.82, 2.24) is 19.8 Å². The number of amides is 2. The minimum Gasteiger partial charge on any atom is -0.341 e. The number of carbonyl (C=O) groups excluding carboxylic acids is 2. The van der Waals surface area contributed by atoms with Crippen LogP contribution in [-0.4, -0.2) is 48.4 Å². The van der Waals surface area contributed by atoms with E-state index in [1.807, 2.05) is 4.72 Å². The van der Waals surface area contributed by atoms with Crippen LogP contribution in [0.2, 0.25) is 0 Å². The predicted molar refractivity (Wildman–Crippen MR) is 84.0 cm³/mol. The lowest BCUT2D eigenvalue weighted by Crippen LogP contribution is -2.57. The Labute approximate surface area is 140 Å². The zero-order valence-electron chi connectivity index (χ0n) is 13.2. The van der Waals surface area contributed by atoms with Crippen LogP contribution in [0, 0.1) is 11.8 Å². The molecule has 1 saturated heterocycles. The lowest BCUT2D eigenvalue weighted by Gasteiger charge is -2.40. The molecule has 1 saturated carbocycles. The van der Waals surface area contributed by atoms with Gasteiger partial charge in [0.05, 0.1) is 5.92 Å². The Hall–Kier alpha value is -2.03. The average Bonchev–Trinajstić information content (AvgIpc) is 2.54. The van der Waals surface area contributed by atoms with Crippen molar-refractivity contribution in [2.45, 2.75) is 37.1 Å². The number of likely N-dealkylation sites (tertiary alicyclic amines) is 1. The number of hydrogen-bond donors (Lipinski definition) is 1. The molecular formula is C15H20N4O4S. The Morgan fingerprint density at radius 2 is 1.83 bits per heavy atom. The third kappa shape index (κ3) is 3.55. The van der Waals surface area contributed by atoms with Gasteiger partial charge in [-0.3, -0.25) is 9.59 Å². The summed E-state index contributed by atoms with van der Waals surface area (Å²) in [5, 5.41) is 6.69. The molecule has 2 aliphatic rings. The first kappa shape index (κ1) is 16.8. The van der Waals surface area contributed by atoms with E-state index >= 15 is 0 Å². The highest BCUT2D eigenvalue weighted by molar-refractivity contribution is 7.90. The van der Waals surface area contributed by atoms with Gasteiger partial charge < -0.3 is 4.90 Å². The molecule has 8 nitrogen and oxygen atoms in total. The number of aromatic nitrogens is 2. The van der Waals surface area contributed by atoms with E-state index in [0.29, 0.717) is 0 Å². The molecule has 3 rings (SSSR count). The molecular weight excluding hydrogens is 332 g/mol. The predicted octanol–water partition coefficient (Wildman–Crippen LogP) is 0.320. The van der Waals surface area contributed by atoms with Crippen molar-refractivity contribution in [3.63, 3.8) is 0 Å². The van der Waals surface area contributed by atoms with Crippen LogP contribution in [-0.2, 0) is 19.6 Å². The van der Waals surface area contributed by atoms with Gasteiger partial charge in [-0.15, -0.1) is 5.10 Å². The van der Waals surface area contributed by atoms with Crippen molar-refractivity contribution in [3.05, 3.63) is 18.3 Å². The SMILES string of the molecule is O=C(NS(=O)(=O)c1cccnn1)C1CN(C(=O)C2CCCCC2)C1. The zero-order valence-corrected chi connectivity index (χ0v) is 14.0. The molecule has 0 atom stereocenters. The summed E-state index contributed by atoms with van der Waals surface area (Å²) in [5.74, 6) is -0.945. The van der Waals surface area contributed by atoms with E-state index in [1.54, 1.807) is 4.90 Å². The first-order valence-electron chi connectivity index (χ1n) is 8.10. The van der Waals surface area contributed by atoms with Crippen LogP contribution in [0.1, 0.15) is 32.1 Å². The Kier molecular flexibility index (Phi) is 4.79. The van der Waals surface area contributed by atoms with E-state index in [9.17, 15) is 18.0 Å². The molecule has 2 fully saturated rings. The van der Waals surface area contributed by atoms with Gasteiger partial charge in [0.1, 0.15) is 0 Å². The van der Waals surface area contributed by atoms with Crippen LogP contribution in [0.25, 0.3) is 0 Å². The molecule has 1 aromatic rings. The number of sulfonamides is 1. The smallest absolute Gasteiger partial charge is 0.283 e. The molecule has 24 heavy (non-hydrogen) atoms. The standard InChI is InChI=1S/C15H20N4O4S/c20-14(18-24(22,23)13-7-4-8-16-17-13)12-9-19(10-12)15(21)11-5-2-1-3-6-11/h4,7-8,11-12H,1-3,5-6,9-10H2,(H,18,20). The van der Waals surface area contributed by atoms with Gasteiger partial charge in [0.2, 0.25) is 11.8 Å². The van der Waals surface area contributed by atoms with Gasteiger partial charge >= 0.3 is 0 Å². The van der Waals surface area contributed by atoms with Crippen LogP contribution in [0.5, 0.6) is 0 Å². The molecule has 0 bridgehead atoms. The first-order valence-corrected chi connectivity index (χ1v) is 9.59. The van der Waals surface area contributed by atoms with Crippen LogP contribution in [0.3, 0.4) is 0 Å². The van der Waals surface area contributed by atoms with Gasteiger partial charge in [-0.25, -0.2) is 4.72 Å². The normalized spacial score (nSPS) is 19.6. The maximum absolute atomic E-state index is 12.3. The molecule has 0 radical (unpaired) electrons. The minimum absolute atomic E-state index is 0.0612. The van der Waals surface area contributed by atoms with Crippen molar-refractivity contribution in [2.75, 3.05) is 13.1 Å². The molecule has 9 heteroatoms. The van der Waals surface area contributed by atoms with Gasteiger partial charge in [-0.05, 0) is 25.0 Å². The largest absolute Gasteiger partial charge is 0.341 e. The summed E-state index contributed by atoms with van der Waals surface area (Å²) < 4.78 is 26.1. The highest BCUT2D eigenvalue weighted by atomic mass is 32.2. The second-order valence-electron chi connectivity index (χ2n) is 6.31. The van der Waals surface area contributed by atoms with Gasteiger partial charge in [0.25, 0.3) is 10.0 Å². The van der Waals surface area contributed by atoms with Crippen LogP contribution in [0.15, 0.2) is 23.4 Å². The zero-order chi connectivity index (χ0) is 17.2. The maximum atomic E-state index is 12.3. The number of nitrogens with zero attached hydrogens (tertiary/aromatic N) is 3. The monoisotopic (exact) mass is 352 g/mol. The molecule has 130 valence electrons. The van der Waals surface area contributed by atoms with Crippen molar-refractivity contribution in [3.8, 4) is 0 Å². The molecule has 0 spiro atoms. The molecule has 1 aromatic heterocycles. The van der Waals surface area contributed by atoms with Crippen molar-refractivity contribution in [2.24, 2.45) is 11.8 Å². The summed E-state index contributed by atoms with van der Waals surface area (Å²) in [6.45, 7) is 0.550. The number of rotatable bonds is 4. The molecule has 2 amide bonds. The Morgan fingerprint density at radius 3 is 2.46 bits per heavy atom. The van der Waals surface area contributed by atoms with Gasteiger partial charge in [-0.1, -0.05) is 19.3 Å². The lowest BCUT2D eigenvalue weighted by atomic mass is 9.86. The topological polar surface area (TPSA) is 109 Å². The van der Waals surface area contributed by atoms with E-state index in [2.05, 4.69) is 10.2 Å². The van der Waals surface area contributed by atoms with Gasteiger partial charge in [-0.2, -0.15) is 13.5 Å². The van der Waals surface area contributed by atoms with Crippen molar-refractivity contribution < 1.29 is 18.0 Å². The van der Waals surface area contributed by atoms with E-state index in [1.165, 1.54) is 24.8 Å². The van der Waals surface area contributed by atoms with E-state index in [4.69, 9.17) is 0 Å². The highest BCUT2D eigenvalue weighted by Gasteiger charge is 2.39. The van der Waals surface area contributed by atoms with Crippen LogP contribution in [0.4, 0.5) is 0 Å². The van der Waals surface area contributed by atoms with Gasteiger partial charge in [0.15, 0.2) is 5.03 Å². The number of carbonyl (C=O) groups is 2. The van der Waals surface area contributed by atoms with Crippen LogP contribution >= 0.6 is 0 Å². The quantitative estimate of drug-likeness (QED) is 0.836. The molecule has 1 aliphatic carbocycles. The average molecular weight is 352 g/mol. The fourth-order valence-electron chi connectivity index (χ4n) is 3.13. The molecule has 1 N–H and O–H groups in total. The molecule has 0 unspecified atom stereocenters. The van der Waals surface area contributed by atoms with E-state index < -0.39 is 21.8 Å².